The number of para-hydroxylation sites is 4. The minimum absolute atomic E-state index is 0.0653. The molecule has 0 saturated carbocycles. The van der Waals surface area contributed by atoms with Crippen LogP contribution in [0.15, 0.2) is 146 Å². The van der Waals surface area contributed by atoms with Crippen LogP contribution in [0.25, 0.3) is 11.1 Å². The summed E-state index contributed by atoms with van der Waals surface area (Å²) in [6.07, 6.45) is 9.08. The molecule has 198 valence electrons. The Hall–Kier alpha value is -4.82. The number of anilines is 5. The van der Waals surface area contributed by atoms with Crippen LogP contribution in [0.2, 0.25) is 0 Å². The van der Waals surface area contributed by atoms with Gasteiger partial charge < -0.3 is 9.80 Å². The summed E-state index contributed by atoms with van der Waals surface area (Å²) in [5.74, 6) is 0.341. The van der Waals surface area contributed by atoms with E-state index in [0.717, 1.165) is 5.69 Å². The van der Waals surface area contributed by atoms with Gasteiger partial charge in [-0.25, -0.2) is 0 Å². The van der Waals surface area contributed by atoms with E-state index in [4.69, 9.17) is 0 Å². The Kier molecular flexibility index (Phi) is 5.33. The summed E-state index contributed by atoms with van der Waals surface area (Å²) in [4.78, 5) is 4.98. The summed E-state index contributed by atoms with van der Waals surface area (Å²) >= 11 is 0. The molecule has 0 radical (unpaired) electrons. The molecule has 5 aromatic rings. The van der Waals surface area contributed by atoms with Gasteiger partial charge in [-0.1, -0.05) is 117 Å². The molecule has 3 aliphatic rings. The third-order valence-corrected chi connectivity index (χ3v) is 9.18. The summed E-state index contributed by atoms with van der Waals surface area (Å²) in [5, 5.41) is 0. The fourth-order valence-corrected chi connectivity index (χ4v) is 7.26. The van der Waals surface area contributed by atoms with E-state index in [1.807, 2.05) is 0 Å². The van der Waals surface area contributed by atoms with Crippen LogP contribution in [0.4, 0.5) is 28.4 Å². The van der Waals surface area contributed by atoms with Crippen molar-refractivity contribution in [2.45, 2.75) is 31.2 Å². The first kappa shape index (κ1) is 24.0. The maximum absolute atomic E-state index is 2.54. The lowest BCUT2D eigenvalue weighted by atomic mass is 9.82. The van der Waals surface area contributed by atoms with Crippen LogP contribution < -0.4 is 9.80 Å². The number of hydrogen-bond acceptors (Lipinski definition) is 2. The van der Waals surface area contributed by atoms with Crippen LogP contribution in [0.3, 0.4) is 0 Å². The second-order valence-electron chi connectivity index (χ2n) is 11.8. The van der Waals surface area contributed by atoms with E-state index in [9.17, 15) is 0 Å². The van der Waals surface area contributed by atoms with Gasteiger partial charge in [0.1, 0.15) is 0 Å². The van der Waals surface area contributed by atoms with Gasteiger partial charge in [0.05, 0.1) is 17.4 Å². The molecule has 2 nitrogen and oxygen atoms in total. The Morgan fingerprint density at radius 2 is 1.27 bits per heavy atom. The van der Waals surface area contributed by atoms with Crippen LogP contribution in [0.1, 0.15) is 36.5 Å². The van der Waals surface area contributed by atoms with Gasteiger partial charge in [-0.05, 0) is 70.3 Å². The standard InChI is InChI=1S/C39H32N2/c1-39(2)33-19-9-6-16-29(33)30-25-24-28(26-34(30)39)40(27-14-4-3-5-15-27)37-22-12-13-23-38(37)41-35-20-10-7-17-31(35)32-18-8-11-21-36(32)41/h3-26,31,35H,1-2H3. The van der Waals surface area contributed by atoms with Crippen molar-refractivity contribution < 1.29 is 0 Å². The first-order chi connectivity index (χ1) is 20.1. The fraction of sp³-hybridized carbons (Fsp3) is 0.128. The second-order valence-corrected chi connectivity index (χ2v) is 11.8. The average molecular weight is 529 g/mol. The zero-order valence-corrected chi connectivity index (χ0v) is 23.4. The molecule has 2 heteroatoms. The molecule has 8 rings (SSSR count). The summed E-state index contributed by atoms with van der Waals surface area (Å²) in [7, 11) is 0. The van der Waals surface area contributed by atoms with Gasteiger partial charge >= 0.3 is 0 Å². The molecule has 1 aliphatic heterocycles. The largest absolute Gasteiger partial charge is 0.332 e. The number of allylic oxidation sites excluding steroid dienone is 2. The van der Waals surface area contributed by atoms with E-state index in [1.54, 1.807) is 0 Å². The number of fused-ring (bicyclic) bond motifs is 6. The lowest BCUT2D eigenvalue weighted by Gasteiger charge is -2.35. The van der Waals surface area contributed by atoms with Crippen molar-refractivity contribution >= 4 is 28.4 Å². The van der Waals surface area contributed by atoms with Crippen LogP contribution in [-0.2, 0) is 5.41 Å². The molecular formula is C39H32N2. The molecule has 2 aliphatic carbocycles. The number of benzene rings is 5. The van der Waals surface area contributed by atoms with E-state index in [-0.39, 0.29) is 11.5 Å². The van der Waals surface area contributed by atoms with Gasteiger partial charge in [-0.2, -0.15) is 0 Å². The summed E-state index contributed by atoms with van der Waals surface area (Å²) in [6.45, 7) is 4.71. The molecule has 0 spiro atoms. The molecule has 41 heavy (non-hydrogen) atoms. The molecule has 1 heterocycles. The zero-order valence-electron chi connectivity index (χ0n) is 23.4. The van der Waals surface area contributed by atoms with Crippen LogP contribution in [-0.4, -0.2) is 6.04 Å². The van der Waals surface area contributed by atoms with Crippen molar-refractivity contribution in [1.82, 2.24) is 0 Å². The molecule has 5 aromatic carbocycles. The molecule has 2 unspecified atom stereocenters. The second kappa shape index (κ2) is 9.11. The minimum atomic E-state index is -0.0653. The van der Waals surface area contributed by atoms with Gasteiger partial charge in [0.2, 0.25) is 0 Å². The van der Waals surface area contributed by atoms with Crippen molar-refractivity contribution in [3.05, 3.63) is 162 Å². The first-order valence-electron chi connectivity index (χ1n) is 14.5. The number of nitrogens with zero attached hydrogens (tertiary/aromatic N) is 2. The molecule has 0 aromatic heterocycles. The van der Waals surface area contributed by atoms with Gasteiger partial charge in [0, 0.05) is 28.4 Å². The predicted octanol–water partition coefficient (Wildman–Crippen LogP) is 10.2. The van der Waals surface area contributed by atoms with Gasteiger partial charge in [-0.3, -0.25) is 0 Å². The Labute approximate surface area is 242 Å². The Morgan fingerprint density at radius 1 is 0.585 bits per heavy atom. The highest BCUT2D eigenvalue weighted by Crippen LogP contribution is 2.53. The van der Waals surface area contributed by atoms with Crippen molar-refractivity contribution in [2.24, 2.45) is 0 Å². The van der Waals surface area contributed by atoms with Crippen LogP contribution >= 0.6 is 0 Å². The Balaban J connectivity index is 1.33. The van der Waals surface area contributed by atoms with E-state index in [1.165, 1.54) is 50.6 Å². The first-order valence-corrected chi connectivity index (χ1v) is 14.5. The average Bonchev–Trinajstić information content (AvgIpc) is 3.47. The highest BCUT2D eigenvalue weighted by atomic mass is 15.2. The van der Waals surface area contributed by atoms with E-state index in [0.29, 0.717) is 5.92 Å². The Morgan fingerprint density at radius 3 is 2.15 bits per heavy atom. The quantitative estimate of drug-likeness (QED) is 0.229. The Bertz CT molecular complexity index is 1850. The number of hydrogen-bond donors (Lipinski definition) is 0. The molecule has 0 fully saturated rings. The van der Waals surface area contributed by atoms with Gasteiger partial charge in [-0.15, -0.1) is 0 Å². The predicted molar refractivity (Wildman–Crippen MR) is 172 cm³/mol. The van der Waals surface area contributed by atoms with E-state index in [2.05, 4.69) is 169 Å². The monoisotopic (exact) mass is 528 g/mol. The highest BCUT2D eigenvalue weighted by molar-refractivity contribution is 5.91. The summed E-state index contributed by atoms with van der Waals surface area (Å²) in [5.41, 5.74) is 12.8. The van der Waals surface area contributed by atoms with Gasteiger partial charge in [0.25, 0.3) is 0 Å². The molecule has 0 N–H and O–H groups in total. The van der Waals surface area contributed by atoms with Crippen LogP contribution in [0, 0.1) is 0 Å². The maximum atomic E-state index is 2.54. The van der Waals surface area contributed by atoms with Crippen molar-refractivity contribution in [2.75, 3.05) is 9.80 Å². The molecule has 2 atom stereocenters. The molecular weight excluding hydrogens is 496 g/mol. The number of rotatable bonds is 4. The fourth-order valence-electron chi connectivity index (χ4n) is 7.26. The minimum Gasteiger partial charge on any atom is -0.332 e. The normalized spacial score (nSPS) is 18.9. The van der Waals surface area contributed by atoms with E-state index < -0.39 is 0 Å². The van der Waals surface area contributed by atoms with Crippen LogP contribution in [0.5, 0.6) is 0 Å². The molecule has 0 saturated heterocycles. The highest BCUT2D eigenvalue weighted by Gasteiger charge is 2.39. The zero-order chi connectivity index (χ0) is 27.6. The summed E-state index contributed by atoms with van der Waals surface area (Å²) in [6, 6.07) is 44.7. The lowest BCUT2D eigenvalue weighted by molar-refractivity contribution is 0.660. The van der Waals surface area contributed by atoms with Crippen molar-refractivity contribution in [1.29, 1.82) is 0 Å². The lowest BCUT2D eigenvalue weighted by Crippen LogP contribution is -2.29. The SMILES string of the molecule is CC1(C)c2ccccc2-c2ccc(N(c3ccccc3)c3ccccc3N3c4ccccc4C4C=CC=CC43)cc21. The molecule has 0 bridgehead atoms. The third kappa shape index (κ3) is 3.57. The van der Waals surface area contributed by atoms with Crippen molar-refractivity contribution in [3.8, 4) is 11.1 Å². The summed E-state index contributed by atoms with van der Waals surface area (Å²) < 4.78 is 0. The smallest absolute Gasteiger partial charge is 0.0699 e. The topological polar surface area (TPSA) is 6.48 Å². The van der Waals surface area contributed by atoms with E-state index >= 15 is 0 Å². The maximum Gasteiger partial charge on any atom is 0.0699 e. The third-order valence-electron chi connectivity index (χ3n) is 9.18. The van der Waals surface area contributed by atoms with Gasteiger partial charge in [0.15, 0.2) is 0 Å². The molecule has 0 amide bonds. The van der Waals surface area contributed by atoms with Crippen molar-refractivity contribution in [3.63, 3.8) is 0 Å².